The van der Waals surface area contributed by atoms with E-state index in [9.17, 15) is 5.11 Å². The number of phenols is 1. The zero-order valence-corrected chi connectivity index (χ0v) is 22.4. The number of fused-ring (bicyclic) bond motifs is 1. The molecule has 0 atom stereocenters. The molecule has 2 aliphatic rings. The van der Waals surface area contributed by atoms with Crippen LogP contribution in [0.1, 0.15) is 44.1 Å². The fourth-order valence-electron chi connectivity index (χ4n) is 5.15. The van der Waals surface area contributed by atoms with Crippen LogP contribution in [0.25, 0.3) is 10.8 Å². The molecule has 0 radical (unpaired) electrons. The number of aromatic hydroxyl groups is 1. The smallest absolute Gasteiger partial charge is 0.250 e. The number of nitrogens with one attached hydrogen (secondary N) is 1. The predicted octanol–water partition coefficient (Wildman–Crippen LogP) is 6.57. The largest absolute Gasteiger partial charge is 0.507 e. The number of azo groups is 1. The van der Waals surface area contributed by atoms with Crippen molar-refractivity contribution in [3.8, 4) is 5.75 Å². The fraction of sp³-hybridized carbons (Fsp3) is 0.333. The molecule has 0 saturated carbocycles. The molecule has 3 heterocycles. The highest BCUT2D eigenvalue weighted by Gasteiger charge is 2.20. The molecule has 10 heteroatoms. The van der Waals surface area contributed by atoms with E-state index in [0.29, 0.717) is 29.1 Å². The van der Waals surface area contributed by atoms with Gasteiger partial charge in [0.25, 0.3) is 0 Å². The van der Waals surface area contributed by atoms with Crippen LogP contribution in [-0.2, 0) is 0 Å². The summed E-state index contributed by atoms with van der Waals surface area (Å²) in [5, 5.41) is 25.8. The zero-order chi connectivity index (χ0) is 27.1. The molecule has 2 aliphatic heterocycles. The van der Waals surface area contributed by atoms with Gasteiger partial charge in [0.1, 0.15) is 5.75 Å². The second-order valence-electron chi connectivity index (χ2n) is 10.2. The molecular formula is C30H33N9O. The molecule has 2 saturated heterocycles. The number of piperidine rings is 2. The van der Waals surface area contributed by atoms with Crippen LogP contribution in [0.15, 0.2) is 76.0 Å². The van der Waals surface area contributed by atoms with Crippen LogP contribution in [0, 0.1) is 0 Å². The highest BCUT2D eigenvalue weighted by Crippen LogP contribution is 2.29. The second kappa shape index (κ2) is 12.1. The maximum Gasteiger partial charge on any atom is 0.250 e. The van der Waals surface area contributed by atoms with Crippen LogP contribution in [0.2, 0.25) is 0 Å². The first-order chi connectivity index (χ1) is 19.7. The molecule has 2 N–H and O–H groups in total. The van der Waals surface area contributed by atoms with Crippen molar-refractivity contribution in [2.45, 2.75) is 38.5 Å². The van der Waals surface area contributed by atoms with Crippen LogP contribution >= 0.6 is 0 Å². The highest BCUT2D eigenvalue weighted by atomic mass is 16.3. The topological polar surface area (TPSA) is 114 Å². The summed E-state index contributed by atoms with van der Waals surface area (Å²) in [5.74, 6) is 1.85. The molecule has 0 bridgehead atoms. The first-order valence-corrected chi connectivity index (χ1v) is 14.0. The van der Waals surface area contributed by atoms with Crippen molar-refractivity contribution in [1.29, 1.82) is 0 Å². The Morgan fingerprint density at radius 3 is 2.12 bits per heavy atom. The van der Waals surface area contributed by atoms with E-state index in [1.165, 1.54) is 19.1 Å². The summed E-state index contributed by atoms with van der Waals surface area (Å²) in [6, 6.07) is 19.1. The zero-order valence-electron chi connectivity index (χ0n) is 22.4. The van der Waals surface area contributed by atoms with E-state index < -0.39 is 0 Å². The molecule has 0 amide bonds. The Morgan fingerprint density at radius 2 is 1.40 bits per heavy atom. The molecule has 2 fully saturated rings. The minimum atomic E-state index is 0.0910. The van der Waals surface area contributed by atoms with Crippen molar-refractivity contribution in [1.82, 2.24) is 15.0 Å². The minimum Gasteiger partial charge on any atom is -0.507 e. The minimum absolute atomic E-state index is 0.0910. The van der Waals surface area contributed by atoms with Gasteiger partial charge in [-0.25, -0.2) is 5.43 Å². The van der Waals surface area contributed by atoms with Gasteiger partial charge >= 0.3 is 0 Å². The molecule has 6 rings (SSSR count). The van der Waals surface area contributed by atoms with E-state index in [1.54, 1.807) is 18.2 Å². The summed E-state index contributed by atoms with van der Waals surface area (Å²) in [6.45, 7) is 3.78. The lowest BCUT2D eigenvalue weighted by Crippen LogP contribution is -2.34. The van der Waals surface area contributed by atoms with Crippen molar-refractivity contribution in [3.63, 3.8) is 0 Å². The molecule has 40 heavy (non-hydrogen) atoms. The highest BCUT2D eigenvalue weighted by molar-refractivity contribution is 5.92. The van der Waals surface area contributed by atoms with Crippen LogP contribution in [0.4, 0.5) is 29.2 Å². The van der Waals surface area contributed by atoms with Gasteiger partial charge in [0.2, 0.25) is 17.8 Å². The predicted molar refractivity (Wildman–Crippen MR) is 159 cm³/mol. The van der Waals surface area contributed by atoms with Gasteiger partial charge in [-0.3, -0.25) is 0 Å². The third-order valence-corrected chi connectivity index (χ3v) is 7.31. The molecular weight excluding hydrogens is 502 g/mol. The lowest BCUT2D eigenvalue weighted by atomic mass is 10.1. The molecule has 204 valence electrons. The lowest BCUT2D eigenvalue weighted by Gasteiger charge is -2.30. The van der Waals surface area contributed by atoms with Gasteiger partial charge in [0.15, 0.2) is 0 Å². The SMILES string of the molecule is Oc1ccc(N=Nc2cccc3ccccc23)cc1/C=N/Nc1nc(N2CCCCC2)nc(N2CCCCC2)n1. The number of hydrazone groups is 1. The second-order valence-corrected chi connectivity index (χ2v) is 10.2. The maximum absolute atomic E-state index is 10.4. The van der Waals surface area contributed by atoms with Crippen molar-refractivity contribution in [3.05, 3.63) is 66.2 Å². The Labute approximate surface area is 233 Å². The number of nitrogens with zero attached hydrogens (tertiary/aromatic N) is 8. The van der Waals surface area contributed by atoms with E-state index in [4.69, 9.17) is 4.98 Å². The third kappa shape index (κ3) is 6.01. The fourth-order valence-corrected chi connectivity index (χ4v) is 5.15. The first-order valence-electron chi connectivity index (χ1n) is 14.0. The number of hydrogen-bond donors (Lipinski definition) is 2. The van der Waals surface area contributed by atoms with E-state index in [2.05, 4.69) is 40.5 Å². The summed E-state index contributed by atoms with van der Waals surface area (Å²) >= 11 is 0. The maximum atomic E-state index is 10.4. The van der Waals surface area contributed by atoms with Crippen LogP contribution in [-0.4, -0.2) is 52.5 Å². The Balaban J connectivity index is 1.21. The quantitative estimate of drug-likeness (QED) is 0.156. The Hall–Kier alpha value is -4.60. The molecule has 0 unspecified atom stereocenters. The summed E-state index contributed by atoms with van der Waals surface area (Å²) < 4.78 is 0. The number of rotatable bonds is 7. The number of anilines is 3. The number of aromatic nitrogens is 3. The molecule has 1 aromatic heterocycles. The average molecular weight is 536 g/mol. The molecule has 4 aromatic rings. The Kier molecular flexibility index (Phi) is 7.74. The van der Waals surface area contributed by atoms with Crippen molar-refractivity contribution in [2.75, 3.05) is 41.4 Å². The molecule has 10 nitrogen and oxygen atoms in total. The molecule has 3 aromatic carbocycles. The molecule has 0 spiro atoms. The number of hydrogen-bond acceptors (Lipinski definition) is 10. The Bertz CT molecular complexity index is 1480. The number of phenolic OH excluding ortho intramolecular Hbond substituents is 1. The lowest BCUT2D eigenvalue weighted by molar-refractivity contribution is 0.474. The molecule has 0 aliphatic carbocycles. The van der Waals surface area contributed by atoms with Crippen molar-refractivity contribution in [2.24, 2.45) is 15.3 Å². The summed E-state index contributed by atoms with van der Waals surface area (Å²) in [5.41, 5.74) is 4.86. The van der Waals surface area contributed by atoms with Crippen molar-refractivity contribution < 1.29 is 5.11 Å². The van der Waals surface area contributed by atoms with Gasteiger partial charge in [0, 0.05) is 37.1 Å². The van der Waals surface area contributed by atoms with E-state index >= 15 is 0 Å². The summed E-state index contributed by atoms with van der Waals surface area (Å²) in [7, 11) is 0. The van der Waals surface area contributed by atoms with Crippen LogP contribution < -0.4 is 15.2 Å². The standard InChI is InChI=1S/C30H33N9O/c40-27-15-14-24(35-36-26-13-9-11-22-10-3-4-12-25(22)26)20-23(27)21-31-37-28-32-29(38-16-5-1-6-17-38)34-30(33-28)39-18-7-2-8-19-39/h3-4,9-15,20-21,40H,1-2,5-8,16-19H2,(H,32,33,34,37)/b31-21+,36-35?. The van der Waals surface area contributed by atoms with Crippen molar-refractivity contribution >= 4 is 46.2 Å². The van der Waals surface area contributed by atoms with Gasteiger partial charge in [-0.05, 0) is 68.2 Å². The van der Waals surface area contributed by atoms with E-state index in [-0.39, 0.29) is 5.75 Å². The van der Waals surface area contributed by atoms with Gasteiger partial charge in [-0.1, -0.05) is 36.4 Å². The third-order valence-electron chi connectivity index (χ3n) is 7.31. The monoisotopic (exact) mass is 535 g/mol. The van der Waals surface area contributed by atoms with E-state index in [1.807, 2.05) is 42.5 Å². The first kappa shape index (κ1) is 25.7. The van der Waals surface area contributed by atoms with E-state index in [0.717, 1.165) is 68.3 Å². The van der Waals surface area contributed by atoms with Gasteiger partial charge < -0.3 is 14.9 Å². The van der Waals surface area contributed by atoms with Gasteiger partial charge in [-0.15, -0.1) is 5.11 Å². The summed E-state index contributed by atoms with van der Waals surface area (Å²) in [6.07, 6.45) is 8.56. The normalized spacial score (nSPS) is 16.3. The average Bonchev–Trinajstić information content (AvgIpc) is 3.02. The van der Waals surface area contributed by atoms with Gasteiger partial charge in [0.05, 0.1) is 17.6 Å². The van der Waals surface area contributed by atoms with Gasteiger partial charge in [-0.2, -0.15) is 25.2 Å². The Morgan fingerprint density at radius 1 is 0.725 bits per heavy atom. The van der Waals surface area contributed by atoms with Crippen LogP contribution in [0.5, 0.6) is 5.75 Å². The number of benzene rings is 3. The van der Waals surface area contributed by atoms with Crippen LogP contribution in [0.3, 0.4) is 0 Å². The summed E-state index contributed by atoms with van der Waals surface area (Å²) in [4.78, 5) is 18.6.